The number of benzene rings is 3. The Hall–Kier alpha value is -2.63. The second-order valence-electron chi connectivity index (χ2n) is 8.60. The van der Waals surface area contributed by atoms with E-state index in [0.29, 0.717) is 18.0 Å². The normalized spacial score (nSPS) is 23.4. The van der Waals surface area contributed by atoms with Crippen LogP contribution in [0.1, 0.15) is 30.0 Å². The lowest BCUT2D eigenvalue weighted by atomic mass is 9.81. The molecule has 2 aliphatic rings. The van der Waals surface area contributed by atoms with Gasteiger partial charge in [-0.1, -0.05) is 73.2 Å². The predicted octanol–water partition coefficient (Wildman–Crippen LogP) is 4.69. The van der Waals surface area contributed by atoms with E-state index >= 15 is 0 Å². The van der Waals surface area contributed by atoms with Crippen molar-refractivity contribution in [1.82, 2.24) is 4.31 Å². The molecule has 1 saturated heterocycles. The van der Waals surface area contributed by atoms with Crippen molar-refractivity contribution in [2.24, 2.45) is 0 Å². The Kier molecular flexibility index (Phi) is 4.49. The molecule has 3 aromatic carbocycles. The van der Waals surface area contributed by atoms with Crippen molar-refractivity contribution >= 4 is 15.7 Å². The highest BCUT2D eigenvalue weighted by molar-refractivity contribution is 7.89. The predicted molar refractivity (Wildman–Crippen MR) is 120 cm³/mol. The van der Waals surface area contributed by atoms with Crippen LogP contribution in [0.15, 0.2) is 83.8 Å². The average Bonchev–Trinajstić information content (AvgIpc) is 3.22. The monoisotopic (exact) mass is 418 g/mol. The van der Waals surface area contributed by atoms with Gasteiger partial charge in [-0.15, -0.1) is 0 Å². The zero-order valence-electron chi connectivity index (χ0n) is 17.3. The standard InChI is InChI=1S/C25H26N2O2S/c1-19-12-14-21(15-13-19)30(28,29)27-17-16-25(2)22-10-6-7-11-23(22)26(24(25)27)18-20-8-4-3-5-9-20/h3-15,24H,16-18H2,1-2H3/t24-,25-/m0/s1. The molecule has 3 aromatic rings. The number of hydrogen-bond acceptors (Lipinski definition) is 3. The van der Waals surface area contributed by atoms with Crippen LogP contribution in [0, 0.1) is 6.92 Å². The van der Waals surface area contributed by atoms with E-state index in [1.807, 2.05) is 43.3 Å². The maximum Gasteiger partial charge on any atom is 0.244 e. The van der Waals surface area contributed by atoms with Crippen LogP contribution in [-0.2, 0) is 22.0 Å². The molecule has 0 saturated carbocycles. The smallest absolute Gasteiger partial charge is 0.244 e. The fourth-order valence-corrected chi connectivity index (χ4v) is 6.76. The van der Waals surface area contributed by atoms with E-state index in [9.17, 15) is 8.42 Å². The molecule has 1 fully saturated rings. The summed E-state index contributed by atoms with van der Waals surface area (Å²) in [5, 5.41) is 0. The molecule has 0 aromatic heterocycles. The summed E-state index contributed by atoms with van der Waals surface area (Å²) in [5.41, 5.74) is 4.38. The lowest BCUT2D eigenvalue weighted by Gasteiger charge is -2.36. The summed E-state index contributed by atoms with van der Waals surface area (Å²) < 4.78 is 29.1. The van der Waals surface area contributed by atoms with Crippen molar-refractivity contribution in [1.29, 1.82) is 0 Å². The maximum absolute atomic E-state index is 13.7. The van der Waals surface area contributed by atoms with Crippen LogP contribution >= 0.6 is 0 Å². The minimum atomic E-state index is -3.60. The van der Waals surface area contributed by atoms with Crippen LogP contribution < -0.4 is 4.90 Å². The molecule has 30 heavy (non-hydrogen) atoms. The van der Waals surface area contributed by atoms with E-state index in [1.165, 1.54) is 11.1 Å². The van der Waals surface area contributed by atoms with Gasteiger partial charge in [0.05, 0.1) is 4.90 Å². The minimum absolute atomic E-state index is 0.233. The highest BCUT2D eigenvalue weighted by Crippen LogP contribution is 2.53. The summed E-state index contributed by atoms with van der Waals surface area (Å²) in [6.07, 6.45) is 0.576. The van der Waals surface area contributed by atoms with Crippen molar-refractivity contribution in [3.05, 3.63) is 95.6 Å². The van der Waals surface area contributed by atoms with Crippen LogP contribution in [0.25, 0.3) is 0 Å². The van der Waals surface area contributed by atoms with E-state index in [-0.39, 0.29) is 11.6 Å². The van der Waals surface area contributed by atoms with Gasteiger partial charge in [0.2, 0.25) is 10.0 Å². The summed E-state index contributed by atoms with van der Waals surface area (Å²) >= 11 is 0. The largest absolute Gasteiger partial charge is 0.349 e. The van der Waals surface area contributed by atoms with E-state index in [2.05, 4.69) is 42.2 Å². The molecule has 0 unspecified atom stereocenters. The Morgan fingerprint density at radius 3 is 2.33 bits per heavy atom. The van der Waals surface area contributed by atoms with Crippen LogP contribution in [0.3, 0.4) is 0 Å². The molecule has 4 nitrogen and oxygen atoms in total. The van der Waals surface area contributed by atoms with Gasteiger partial charge in [0.1, 0.15) is 6.17 Å². The molecule has 5 heteroatoms. The highest BCUT2D eigenvalue weighted by Gasteiger charge is 2.57. The van der Waals surface area contributed by atoms with Gasteiger partial charge in [-0.3, -0.25) is 0 Å². The third kappa shape index (κ3) is 2.88. The first-order valence-electron chi connectivity index (χ1n) is 10.4. The molecule has 0 radical (unpaired) electrons. The summed E-state index contributed by atoms with van der Waals surface area (Å²) in [4.78, 5) is 2.65. The second-order valence-corrected chi connectivity index (χ2v) is 10.5. The minimum Gasteiger partial charge on any atom is -0.349 e. The first-order valence-corrected chi connectivity index (χ1v) is 11.8. The van der Waals surface area contributed by atoms with E-state index in [0.717, 1.165) is 17.7 Å². The average molecular weight is 419 g/mol. The molecule has 154 valence electrons. The molecule has 0 amide bonds. The number of aryl methyl sites for hydroxylation is 1. The van der Waals surface area contributed by atoms with Gasteiger partial charge in [0, 0.05) is 24.2 Å². The first kappa shape index (κ1) is 19.3. The Balaban J connectivity index is 1.61. The Morgan fingerprint density at radius 1 is 0.933 bits per heavy atom. The van der Waals surface area contributed by atoms with Gasteiger partial charge in [0.15, 0.2) is 0 Å². The molecular weight excluding hydrogens is 392 g/mol. The molecule has 0 aliphatic carbocycles. The molecule has 2 aliphatic heterocycles. The van der Waals surface area contributed by atoms with Crippen LogP contribution in [-0.4, -0.2) is 25.4 Å². The lowest BCUT2D eigenvalue weighted by Crippen LogP contribution is -2.50. The Bertz CT molecular complexity index is 1180. The number of nitrogens with zero attached hydrogens (tertiary/aromatic N) is 2. The van der Waals surface area contributed by atoms with Crippen molar-refractivity contribution < 1.29 is 8.42 Å². The van der Waals surface area contributed by atoms with Crippen LogP contribution in [0.4, 0.5) is 5.69 Å². The molecule has 0 N–H and O–H groups in total. The fourth-order valence-electron chi connectivity index (χ4n) is 5.07. The summed E-state index contributed by atoms with van der Waals surface area (Å²) in [5.74, 6) is 0. The third-order valence-electron chi connectivity index (χ3n) is 6.64. The molecule has 2 atom stereocenters. The highest BCUT2D eigenvalue weighted by atomic mass is 32.2. The van der Waals surface area contributed by atoms with Gasteiger partial charge in [0.25, 0.3) is 0 Å². The molecule has 2 heterocycles. The van der Waals surface area contributed by atoms with Crippen molar-refractivity contribution in [2.45, 2.75) is 43.3 Å². The van der Waals surface area contributed by atoms with Crippen molar-refractivity contribution in [3.63, 3.8) is 0 Å². The summed E-state index contributed by atoms with van der Waals surface area (Å²) in [7, 11) is -3.60. The molecule has 0 bridgehead atoms. The number of sulfonamides is 1. The van der Waals surface area contributed by atoms with Gasteiger partial charge in [-0.2, -0.15) is 4.31 Å². The fraction of sp³-hybridized carbons (Fsp3) is 0.280. The topological polar surface area (TPSA) is 40.6 Å². The zero-order chi connectivity index (χ0) is 20.9. The third-order valence-corrected chi connectivity index (χ3v) is 8.51. The van der Waals surface area contributed by atoms with Gasteiger partial charge in [-0.05, 0) is 42.7 Å². The zero-order valence-corrected chi connectivity index (χ0v) is 18.1. The van der Waals surface area contributed by atoms with Gasteiger partial charge in [-0.25, -0.2) is 8.42 Å². The molecule has 0 spiro atoms. The van der Waals surface area contributed by atoms with E-state index < -0.39 is 10.0 Å². The van der Waals surface area contributed by atoms with E-state index in [4.69, 9.17) is 0 Å². The van der Waals surface area contributed by atoms with Crippen LogP contribution in [0.2, 0.25) is 0 Å². The molecule has 5 rings (SSSR count). The summed E-state index contributed by atoms with van der Waals surface area (Å²) in [6, 6.07) is 25.9. The number of para-hydroxylation sites is 1. The van der Waals surface area contributed by atoms with Gasteiger partial charge >= 0.3 is 0 Å². The van der Waals surface area contributed by atoms with Crippen molar-refractivity contribution in [3.8, 4) is 0 Å². The number of rotatable bonds is 4. The second kappa shape index (κ2) is 6.96. The first-order chi connectivity index (χ1) is 14.4. The van der Waals surface area contributed by atoms with E-state index in [1.54, 1.807) is 16.4 Å². The van der Waals surface area contributed by atoms with Crippen LogP contribution in [0.5, 0.6) is 0 Å². The van der Waals surface area contributed by atoms with Crippen molar-refractivity contribution in [2.75, 3.05) is 11.4 Å². The Morgan fingerprint density at radius 2 is 1.60 bits per heavy atom. The SMILES string of the molecule is Cc1ccc(S(=O)(=O)N2CC[C@@]3(C)c4ccccc4N(Cc4ccccc4)[C@@H]23)cc1. The lowest BCUT2D eigenvalue weighted by molar-refractivity contribution is 0.318. The number of hydrogen-bond donors (Lipinski definition) is 0. The Labute approximate surface area is 178 Å². The van der Waals surface area contributed by atoms with Gasteiger partial charge < -0.3 is 4.90 Å². The summed E-state index contributed by atoms with van der Waals surface area (Å²) in [6.45, 7) is 5.39. The number of anilines is 1. The molecular formula is C25H26N2O2S. The maximum atomic E-state index is 13.7. The number of fused-ring (bicyclic) bond motifs is 3. The quantitative estimate of drug-likeness (QED) is 0.617.